The SMILES string of the molecule is N#CCC(=O)N1CCN(c2nccnc2Nc2ccc(C(F)(F)F)cc2)CC1. The number of nitriles is 1. The fourth-order valence-corrected chi connectivity index (χ4v) is 2.88. The van der Waals surface area contributed by atoms with E-state index in [-0.39, 0.29) is 12.3 Å². The van der Waals surface area contributed by atoms with Crippen LogP contribution in [0.15, 0.2) is 36.7 Å². The van der Waals surface area contributed by atoms with Crippen LogP contribution in [0.3, 0.4) is 0 Å². The monoisotopic (exact) mass is 390 g/mol. The molecular weight excluding hydrogens is 373 g/mol. The summed E-state index contributed by atoms with van der Waals surface area (Å²) in [6.45, 7) is 1.93. The first-order chi connectivity index (χ1) is 13.4. The molecule has 7 nitrogen and oxygen atoms in total. The summed E-state index contributed by atoms with van der Waals surface area (Å²) in [4.78, 5) is 23.9. The van der Waals surface area contributed by atoms with Crippen LogP contribution in [0.2, 0.25) is 0 Å². The van der Waals surface area contributed by atoms with Crippen LogP contribution in [-0.4, -0.2) is 47.0 Å². The van der Waals surface area contributed by atoms with Crippen molar-refractivity contribution in [2.24, 2.45) is 0 Å². The standard InChI is InChI=1S/C18H17F3N6O/c19-18(20,21)13-1-3-14(4-2-13)25-16-17(24-8-7-23-16)27-11-9-26(10-12-27)15(28)5-6-22/h1-4,7-8H,5,9-12H2,(H,23,25). The lowest BCUT2D eigenvalue weighted by molar-refractivity contribution is -0.137. The van der Waals surface area contributed by atoms with Crippen LogP contribution in [-0.2, 0) is 11.0 Å². The van der Waals surface area contributed by atoms with E-state index in [1.807, 2.05) is 11.0 Å². The van der Waals surface area contributed by atoms with Crippen molar-refractivity contribution in [2.45, 2.75) is 12.6 Å². The van der Waals surface area contributed by atoms with Gasteiger partial charge in [0.25, 0.3) is 0 Å². The van der Waals surface area contributed by atoms with Gasteiger partial charge in [-0.1, -0.05) is 0 Å². The number of carbonyl (C=O) groups excluding carboxylic acids is 1. The number of piperazine rings is 1. The van der Waals surface area contributed by atoms with Crippen molar-refractivity contribution in [2.75, 3.05) is 36.4 Å². The first-order valence-corrected chi connectivity index (χ1v) is 8.53. The predicted octanol–water partition coefficient (Wildman–Crippen LogP) is 2.80. The summed E-state index contributed by atoms with van der Waals surface area (Å²) in [5.74, 6) is 0.762. The molecule has 2 heterocycles. The molecule has 1 aromatic heterocycles. The molecule has 1 saturated heterocycles. The number of amides is 1. The van der Waals surface area contributed by atoms with Crippen LogP contribution in [0.4, 0.5) is 30.5 Å². The summed E-state index contributed by atoms with van der Waals surface area (Å²) in [6.07, 6.45) is -1.52. The van der Waals surface area contributed by atoms with Gasteiger partial charge < -0.3 is 15.1 Å². The first kappa shape index (κ1) is 19.4. The maximum atomic E-state index is 12.7. The molecule has 1 aromatic carbocycles. The van der Waals surface area contributed by atoms with Gasteiger partial charge in [-0.25, -0.2) is 9.97 Å². The number of rotatable bonds is 4. The van der Waals surface area contributed by atoms with E-state index in [0.717, 1.165) is 12.1 Å². The van der Waals surface area contributed by atoms with Gasteiger partial charge in [-0.3, -0.25) is 4.79 Å². The van der Waals surface area contributed by atoms with Gasteiger partial charge in [0, 0.05) is 44.3 Å². The number of alkyl halides is 3. The van der Waals surface area contributed by atoms with Crippen LogP contribution in [0.5, 0.6) is 0 Å². The van der Waals surface area contributed by atoms with Gasteiger partial charge in [-0.15, -0.1) is 0 Å². The zero-order valence-corrected chi connectivity index (χ0v) is 14.8. The number of anilines is 3. The van der Waals surface area contributed by atoms with Crippen LogP contribution in [0.1, 0.15) is 12.0 Å². The number of nitrogens with zero attached hydrogens (tertiary/aromatic N) is 5. The van der Waals surface area contributed by atoms with E-state index in [2.05, 4.69) is 15.3 Å². The topological polar surface area (TPSA) is 85.2 Å². The van der Waals surface area contributed by atoms with Gasteiger partial charge >= 0.3 is 6.18 Å². The van der Waals surface area contributed by atoms with Crippen LogP contribution in [0.25, 0.3) is 0 Å². The maximum absolute atomic E-state index is 12.7. The molecule has 1 amide bonds. The van der Waals surface area contributed by atoms with E-state index in [0.29, 0.717) is 43.5 Å². The number of nitrogens with one attached hydrogen (secondary N) is 1. The molecule has 10 heteroatoms. The third-order valence-corrected chi connectivity index (χ3v) is 4.32. The van der Waals surface area contributed by atoms with Gasteiger partial charge in [-0.2, -0.15) is 18.4 Å². The Morgan fingerprint density at radius 1 is 1.11 bits per heavy atom. The van der Waals surface area contributed by atoms with Crippen molar-refractivity contribution in [3.05, 3.63) is 42.2 Å². The summed E-state index contributed by atoms with van der Waals surface area (Å²) in [6, 6.07) is 6.51. The lowest BCUT2D eigenvalue weighted by Crippen LogP contribution is -2.49. The maximum Gasteiger partial charge on any atom is 0.416 e. The molecule has 0 radical (unpaired) electrons. The fourth-order valence-electron chi connectivity index (χ4n) is 2.88. The average molecular weight is 390 g/mol. The molecule has 1 aliphatic heterocycles. The predicted molar refractivity (Wildman–Crippen MR) is 95.8 cm³/mol. The van der Waals surface area contributed by atoms with Gasteiger partial charge in [-0.05, 0) is 24.3 Å². The fraction of sp³-hybridized carbons (Fsp3) is 0.333. The molecule has 1 aliphatic rings. The Morgan fingerprint density at radius 2 is 1.75 bits per heavy atom. The Kier molecular flexibility index (Phi) is 5.63. The molecule has 0 spiro atoms. The third kappa shape index (κ3) is 4.49. The second-order valence-electron chi connectivity index (χ2n) is 6.13. The molecule has 1 N–H and O–H groups in total. The van der Waals surface area contributed by atoms with E-state index in [1.165, 1.54) is 24.5 Å². The van der Waals surface area contributed by atoms with Crippen molar-refractivity contribution in [1.82, 2.24) is 14.9 Å². The lowest BCUT2D eigenvalue weighted by Gasteiger charge is -2.35. The number of halogens is 3. The zero-order chi connectivity index (χ0) is 20.1. The Balaban J connectivity index is 1.70. The molecule has 28 heavy (non-hydrogen) atoms. The Labute approximate surface area is 159 Å². The quantitative estimate of drug-likeness (QED) is 0.864. The van der Waals surface area contributed by atoms with Crippen molar-refractivity contribution in [1.29, 1.82) is 5.26 Å². The Bertz CT molecular complexity index is 870. The van der Waals surface area contributed by atoms with E-state index >= 15 is 0 Å². The minimum Gasteiger partial charge on any atom is -0.350 e. The smallest absolute Gasteiger partial charge is 0.350 e. The number of hydrogen-bond donors (Lipinski definition) is 1. The average Bonchev–Trinajstić information content (AvgIpc) is 2.68. The highest BCUT2D eigenvalue weighted by atomic mass is 19.4. The Morgan fingerprint density at radius 3 is 2.36 bits per heavy atom. The molecule has 0 unspecified atom stereocenters. The van der Waals surface area contributed by atoms with Crippen LogP contribution >= 0.6 is 0 Å². The molecule has 0 bridgehead atoms. The normalized spacial score (nSPS) is 14.5. The third-order valence-electron chi connectivity index (χ3n) is 4.32. The van der Waals surface area contributed by atoms with E-state index in [4.69, 9.17) is 5.26 Å². The van der Waals surface area contributed by atoms with Crippen LogP contribution in [0, 0.1) is 11.3 Å². The summed E-state index contributed by atoms with van der Waals surface area (Å²) in [7, 11) is 0. The van der Waals surface area contributed by atoms with Gasteiger partial charge in [0.15, 0.2) is 11.6 Å². The van der Waals surface area contributed by atoms with E-state index < -0.39 is 11.7 Å². The minimum atomic E-state index is -4.39. The summed E-state index contributed by atoms with van der Waals surface area (Å²) in [5, 5.41) is 11.6. The van der Waals surface area contributed by atoms with Gasteiger partial charge in [0.2, 0.25) is 5.91 Å². The van der Waals surface area contributed by atoms with Gasteiger partial charge in [0.05, 0.1) is 11.6 Å². The number of benzene rings is 1. The lowest BCUT2D eigenvalue weighted by atomic mass is 10.2. The molecular formula is C18H17F3N6O. The molecule has 0 saturated carbocycles. The highest BCUT2D eigenvalue weighted by Gasteiger charge is 2.30. The molecule has 146 valence electrons. The minimum absolute atomic E-state index is 0.147. The van der Waals surface area contributed by atoms with Crippen molar-refractivity contribution < 1.29 is 18.0 Å². The highest BCUT2D eigenvalue weighted by Crippen LogP contribution is 2.31. The highest BCUT2D eigenvalue weighted by molar-refractivity contribution is 5.78. The Hall–Kier alpha value is -3.35. The van der Waals surface area contributed by atoms with Crippen molar-refractivity contribution in [3.63, 3.8) is 0 Å². The second kappa shape index (κ2) is 8.12. The summed E-state index contributed by atoms with van der Waals surface area (Å²) >= 11 is 0. The molecule has 0 aliphatic carbocycles. The zero-order valence-electron chi connectivity index (χ0n) is 14.8. The molecule has 1 fully saturated rings. The summed E-state index contributed by atoms with van der Waals surface area (Å²) < 4.78 is 38.1. The summed E-state index contributed by atoms with van der Waals surface area (Å²) in [5.41, 5.74) is -0.270. The number of carbonyl (C=O) groups is 1. The molecule has 0 atom stereocenters. The van der Waals surface area contributed by atoms with E-state index in [9.17, 15) is 18.0 Å². The van der Waals surface area contributed by atoms with Crippen molar-refractivity contribution in [3.8, 4) is 6.07 Å². The van der Waals surface area contributed by atoms with Crippen molar-refractivity contribution >= 4 is 23.2 Å². The van der Waals surface area contributed by atoms with E-state index in [1.54, 1.807) is 4.90 Å². The van der Waals surface area contributed by atoms with Crippen LogP contribution < -0.4 is 10.2 Å². The number of hydrogen-bond acceptors (Lipinski definition) is 6. The second-order valence-corrected chi connectivity index (χ2v) is 6.13. The van der Waals surface area contributed by atoms with Gasteiger partial charge in [0.1, 0.15) is 6.42 Å². The first-order valence-electron chi connectivity index (χ1n) is 8.53. The molecule has 3 rings (SSSR count). The molecule has 2 aromatic rings. The number of aromatic nitrogens is 2. The largest absolute Gasteiger partial charge is 0.416 e.